The average molecular weight is 281 g/mol. The van der Waals surface area contributed by atoms with Gasteiger partial charge in [0.2, 0.25) is 0 Å². The second-order valence-electron chi connectivity index (χ2n) is 4.67. The molecule has 0 atom stereocenters. The molecule has 7 nitrogen and oxygen atoms in total. The molecule has 1 aromatic heterocycles. The predicted octanol–water partition coefficient (Wildman–Crippen LogP) is 0.994. The molecule has 0 fully saturated rings. The summed E-state index contributed by atoms with van der Waals surface area (Å²) in [6, 6.07) is 0. The van der Waals surface area contributed by atoms with Crippen molar-refractivity contribution < 1.29 is 9.53 Å². The van der Waals surface area contributed by atoms with Crippen LogP contribution in [0.1, 0.15) is 43.0 Å². The van der Waals surface area contributed by atoms with E-state index < -0.39 is 0 Å². The number of amides is 1. The summed E-state index contributed by atoms with van der Waals surface area (Å²) in [5.41, 5.74) is 3.20. The molecule has 112 valence electrons. The fraction of sp³-hybridized carbons (Fsp3) is 0.615. The molecule has 0 radical (unpaired) electrons. The number of rotatable bonds is 7. The molecular weight excluding hydrogens is 258 g/mol. The Morgan fingerprint density at radius 1 is 1.55 bits per heavy atom. The SMILES string of the molecule is CCN(CCOC)C(=O)c1nc(C(C)C)ncc1NN. The number of carbonyl (C=O) groups excluding carboxylic acids is 1. The Morgan fingerprint density at radius 3 is 2.75 bits per heavy atom. The van der Waals surface area contributed by atoms with Crippen molar-refractivity contribution in [3.63, 3.8) is 0 Å². The lowest BCUT2D eigenvalue weighted by Gasteiger charge is -2.21. The molecule has 0 aliphatic rings. The van der Waals surface area contributed by atoms with Gasteiger partial charge in [-0.2, -0.15) is 0 Å². The molecule has 7 heteroatoms. The normalized spacial score (nSPS) is 10.7. The summed E-state index contributed by atoms with van der Waals surface area (Å²) in [4.78, 5) is 22.7. The van der Waals surface area contributed by atoms with E-state index in [2.05, 4.69) is 15.4 Å². The van der Waals surface area contributed by atoms with E-state index in [1.165, 1.54) is 0 Å². The van der Waals surface area contributed by atoms with E-state index >= 15 is 0 Å². The summed E-state index contributed by atoms with van der Waals surface area (Å²) in [6.07, 6.45) is 1.54. The third-order valence-corrected chi connectivity index (χ3v) is 2.92. The molecule has 0 unspecified atom stereocenters. The van der Waals surface area contributed by atoms with Crippen LogP contribution in [0.25, 0.3) is 0 Å². The Bertz CT molecular complexity index is 450. The second kappa shape index (κ2) is 7.76. The fourth-order valence-electron chi connectivity index (χ4n) is 1.70. The van der Waals surface area contributed by atoms with Gasteiger partial charge < -0.3 is 15.1 Å². The van der Waals surface area contributed by atoms with Crippen molar-refractivity contribution >= 4 is 11.6 Å². The van der Waals surface area contributed by atoms with Gasteiger partial charge in [0.05, 0.1) is 18.5 Å². The Kier molecular flexibility index (Phi) is 6.33. The number of methoxy groups -OCH3 is 1. The van der Waals surface area contributed by atoms with Crippen LogP contribution in [0.3, 0.4) is 0 Å². The van der Waals surface area contributed by atoms with Crippen LogP contribution in [0.5, 0.6) is 0 Å². The maximum absolute atomic E-state index is 12.5. The maximum atomic E-state index is 12.5. The van der Waals surface area contributed by atoms with E-state index in [1.807, 2.05) is 20.8 Å². The lowest BCUT2D eigenvalue weighted by molar-refractivity contribution is 0.0701. The number of nitrogens with two attached hydrogens (primary N) is 1. The molecule has 0 saturated carbocycles. The van der Waals surface area contributed by atoms with Gasteiger partial charge in [0.15, 0.2) is 5.69 Å². The first-order chi connectivity index (χ1) is 9.54. The van der Waals surface area contributed by atoms with E-state index in [1.54, 1.807) is 18.2 Å². The molecule has 20 heavy (non-hydrogen) atoms. The largest absolute Gasteiger partial charge is 0.383 e. The van der Waals surface area contributed by atoms with Crippen LogP contribution < -0.4 is 11.3 Å². The minimum atomic E-state index is -0.179. The van der Waals surface area contributed by atoms with Gasteiger partial charge in [0.1, 0.15) is 5.82 Å². The number of anilines is 1. The number of hydrazine groups is 1. The number of hydrogen-bond acceptors (Lipinski definition) is 6. The summed E-state index contributed by atoms with van der Waals surface area (Å²) in [5, 5.41) is 0. The summed E-state index contributed by atoms with van der Waals surface area (Å²) in [7, 11) is 1.60. The molecule has 1 amide bonds. The van der Waals surface area contributed by atoms with E-state index in [0.717, 1.165) is 0 Å². The molecule has 0 aliphatic heterocycles. The van der Waals surface area contributed by atoms with Crippen molar-refractivity contribution in [1.29, 1.82) is 0 Å². The standard InChI is InChI=1S/C13H23N5O2/c1-5-18(6-7-20-4)13(19)11-10(17-14)8-15-12(16-11)9(2)3/h8-9,17H,5-7,14H2,1-4H3. The number of likely N-dealkylation sites (N-methyl/N-ethyl adjacent to an activating group) is 1. The van der Waals surface area contributed by atoms with Crippen molar-refractivity contribution in [2.24, 2.45) is 5.84 Å². The van der Waals surface area contributed by atoms with E-state index in [0.29, 0.717) is 36.9 Å². The average Bonchev–Trinajstić information content (AvgIpc) is 2.46. The van der Waals surface area contributed by atoms with Crippen LogP contribution in [0.4, 0.5) is 5.69 Å². The van der Waals surface area contributed by atoms with Crippen LogP contribution in [0.2, 0.25) is 0 Å². The number of ether oxygens (including phenoxy) is 1. The monoisotopic (exact) mass is 281 g/mol. The number of nitrogen functional groups attached to an aromatic ring is 1. The molecule has 1 aromatic rings. The molecule has 1 rings (SSSR count). The molecular formula is C13H23N5O2. The van der Waals surface area contributed by atoms with E-state index in [4.69, 9.17) is 10.6 Å². The zero-order chi connectivity index (χ0) is 15.1. The molecule has 0 aromatic carbocycles. The smallest absolute Gasteiger partial charge is 0.274 e. The molecule has 0 bridgehead atoms. The number of nitrogens with one attached hydrogen (secondary N) is 1. The van der Waals surface area contributed by atoms with Crippen LogP contribution in [-0.2, 0) is 4.74 Å². The van der Waals surface area contributed by atoms with Gasteiger partial charge in [0.25, 0.3) is 5.91 Å². The van der Waals surface area contributed by atoms with Gasteiger partial charge in [-0.15, -0.1) is 0 Å². The first kappa shape index (κ1) is 16.3. The van der Waals surface area contributed by atoms with Crippen LogP contribution in [0.15, 0.2) is 6.20 Å². The fourth-order valence-corrected chi connectivity index (χ4v) is 1.70. The highest BCUT2D eigenvalue weighted by Crippen LogP contribution is 2.17. The number of nitrogens with zero attached hydrogens (tertiary/aromatic N) is 3. The minimum Gasteiger partial charge on any atom is -0.383 e. The first-order valence-corrected chi connectivity index (χ1v) is 6.66. The predicted molar refractivity (Wildman–Crippen MR) is 77.4 cm³/mol. The first-order valence-electron chi connectivity index (χ1n) is 6.66. The highest BCUT2D eigenvalue weighted by molar-refractivity contribution is 5.97. The quantitative estimate of drug-likeness (QED) is 0.572. The van der Waals surface area contributed by atoms with Crippen LogP contribution in [-0.4, -0.2) is 47.6 Å². The maximum Gasteiger partial charge on any atom is 0.274 e. The van der Waals surface area contributed by atoms with Crippen molar-refractivity contribution in [2.75, 3.05) is 32.2 Å². The third-order valence-electron chi connectivity index (χ3n) is 2.92. The molecule has 0 spiro atoms. The van der Waals surface area contributed by atoms with Crippen LogP contribution in [0, 0.1) is 0 Å². The summed E-state index contributed by atoms with van der Waals surface area (Å²) < 4.78 is 5.01. The highest BCUT2D eigenvalue weighted by atomic mass is 16.5. The molecule has 0 saturated heterocycles. The topological polar surface area (TPSA) is 93.4 Å². The van der Waals surface area contributed by atoms with Gasteiger partial charge in [-0.1, -0.05) is 13.8 Å². The van der Waals surface area contributed by atoms with Crippen molar-refractivity contribution in [3.05, 3.63) is 17.7 Å². The zero-order valence-electron chi connectivity index (χ0n) is 12.5. The lowest BCUT2D eigenvalue weighted by Crippen LogP contribution is -2.35. The molecule has 3 N–H and O–H groups in total. The van der Waals surface area contributed by atoms with Crippen molar-refractivity contribution in [2.45, 2.75) is 26.7 Å². The van der Waals surface area contributed by atoms with Gasteiger partial charge in [-0.05, 0) is 6.92 Å². The lowest BCUT2D eigenvalue weighted by atomic mass is 10.2. The highest BCUT2D eigenvalue weighted by Gasteiger charge is 2.20. The van der Waals surface area contributed by atoms with Gasteiger partial charge in [0, 0.05) is 26.1 Å². The number of carbonyl (C=O) groups is 1. The second-order valence-corrected chi connectivity index (χ2v) is 4.67. The Balaban J connectivity index is 3.07. The Labute approximate surface area is 119 Å². The number of aromatic nitrogens is 2. The Morgan fingerprint density at radius 2 is 2.25 bits per heavy atom. The molecule has 1 heterocycles. The van der Waals surface area contributed by atoms with E-state index in [9.17, 15) is 4.79 Å². The third kappa shape index (κ3) is 3.88. The van der Waals surface area contributed by atoms with Crippen LogP contribution >= 0.6 is 0 Å². The summed E-state index contributed by atoms with van der Waals surface area (Å²) in [6.45, 7) is 7.42. The number of hydrogen-bond donors (Lipinski definition) is 2. The minimum absolute atomic E-state index is 0.141. The van der Waals surface area contributed by atoms with E-state index in [-0.39, 0.29) is 11.8 Å². The summed E-state index contributed by atoms with van der Waals surface area (Å²) >= 11 is 0. The summed E-state index contributed by atoms with van der Waals surface area (Å²) in [5.74, 6) is 6.01. The Hall–Kier alpha value is -1.73. The van der Waals surface area contributed by atoms with Gasteiger partial charge in [-0.25, -0.2) is 9.97 Å². The van der Waals surface area contributed by atoms with Crippen molar-refractivity contribution in [3.8, 4) is 0 Å². The molecule has 0 aliphatic carbocycles. The zero-order valence-corrected chi connectivity index (χ0v) is 12.5. The van der Waals surface area contributed by atoms with Crippen molar-refractivity contribution in [1.82, 2.24) is 14.9 Å². The van der Waals surface area contributed by atoms with Gasteiger partial charge >= 0.3 is 0 Å². The van der Waals surface area contributed by atoms with Gasteiger partial charge in [-0.3, -0.25) is 10.6 Å².